The highest BCUT2D eigenvalue weighted by molar-refractivity contribution is 5.94. The fourth-order valence-corrected chi connectivity index (χ4v) is 2.74. The van der Waals surface area contributed by atoms with Crippen LogP contribution in [0.4, 0.5) is 4.39 Å². The van der Waals surface area contributed by atoms with Gasteiger partial charge in [0, 0.05) is 19.3 Å². The minimum absolute atomic E-state index is 0.0282. The van der Waals surface area contributed by atoms with Crippen molar-refractivity contribution in [2.75, 3.05) is 0 Å². The highest BCUT2D eigenvalue weighted by Gasteiger charge is 2.16. The number of rotatable bonds is 8. The average Bonchev–Trinajstić information content (AvgIpc) is 2.74. The molecular weight excluding hydrogens is 371 g/mol. The third-order valence-corrected chi connectivity index (χ3v) is 4.23. The summed E-state index contributed by atoms with van der Waals surface area (Å²) in [5, 5.41) is 2.69. The Bertz CT molecular complexity index is 1040. The lowest BCUT2D eigenvalue weighted by Crippen LogP contribution is -2.30. The maximum absolute atomic E-state index is 13.0. The highest BCUT2D eigenvalue weighted by atomic mass is 19.1. The van der Waals surface area contributed by atoms with Gasteiger partial charge in [-0.05, 0) is 23.3 Å². The van der Waals surface area contributed by atoms with Crippen LogP contribution in [0.1, 0.15) is 21.5 Å². The van der Waals surface area contributed by atoms with Gasteiger partial charge in [-0.2, -0.15) is 0 Å². The van der Waals surface area contributed by atoms with E-state index in [4.69, 9.17) is 4.74 Å². The van der Waals surface area contributed by atoms with Crippen molar-refractivity contribution in [2.24, 2.45) is 0 Å². The van der Waals surface area contributed by atoms with Gasteiger partial charge in [-0.15, -0.1) is 6.58 Å². The number of pyridine rings is 1. The lowest BCUT2D eigenvalue weighted by molar-refractivity contribution is 0.0948. The summed E-state index contributed by atoms with van der Waals surface area (Å²) in [5.41, 5.74) is 1.12. The number of aromatic nitrogens is 1. The Morgan fingerprint density at radius 3 is 2.48 bits per heavy atom. The van der Waals surface area contributed by atoms with Gasteiger partial charge in [0.25, 0.3) is 5.91 Å². The van der Waals surface area contributed by atoms with E-state index in [1.54, 1.807) is 29.0 Å². The zero-order valence-electron chi connectivity index (χ0n) is 15.8. The maximum Gasteiger partial charge on any atom is 0.257 e. The highest BCUT2D eigenvalue weighted by Crippen LogP contribution is 2.10. The number of benzene rings is 2. The number of halogens is 1. The third-order valence-electron chi connectivity index (χ3n) is 4.23. The fourth-order valence-electron chi connectivity index (χ4n) is 2.74. The molecule has 0 aliphatic rings. The van der Waals surface area contributed by atoms with Crippen molar-refractivity contribution >= 4 is 5.91 Å². The molecule has 1 aromatic heterocycles. The minimum Gasteiger partial charge on any atom is -0.483 e. The van der Waals surface area contributed by atoms with Gasteiger partial charge in [-0.1, -0.05) is 48.5 Å². The number of carbonyl (C=O) groups excluding carboxylic acids is 1. The summed E-state index contributed by atoms with van der Waals surface area (Å²) in [7, 11) is 0. The van der Waals surface area contributed by atoms with Crippen LogP contribution in [0, 0.1) is 5.82 Å². The fraction of sp³-hybridized carbons (Fsp3) is 0.130. The molecule has 1 heterocycles. The van der Waals surface area contributed by atoms with E-state index in [0.29, 0.717) is 6.54 Å². The minimum atomic E-state index is -0.526. The van der Waals surface area contributed by atoms with Crippen LogP contribution in [0.3, 0.4) is 0 Å². The Labute approximate surface area is 168 Å². The SMILES string of the molecule is C=CCn1cc(OCc2ccccc2)c(=O)c(C(=O)NCc2ccc(F)cc2)c1. The molecule has 3 rings (SSSR count). The number of nitrogens with zero attached hydrogens (tertiary/aromatic N) is 1. The van der Waals surface area contributed by atoms with Crippen LogP contribution in [0.5, 0.6) is 5.75 Å². The number of amides is 1. The molecule has 0 radical (unpaired) electrons. The first-order valence-electron chi connectivity index (χ1n) is 9.11. The van der Waals surface area contributed by atoms with Crippen LogP contribution in [-0.2, 0) is 19.7 Å². The molecular formula is C23H21FN2O3. The number of ether oxygens (including phenoxy) is 1. The predicted molar refractivity (Wildman–Crippen MR) is 109 cm³/mol. The Balaban J connectivity index is 1.79. The number of carbonyl (C=O) groups is 1. The van der Waals surface area contributed by atoms with Gasteiger partial charge in [0.2, 0.25) is 5.43 Å². The summed E-state index contributed by atoms with van der Waals surface area (Å²) in [6, 6.07) is 15.2. The van der Waals surface area contributed by atoms with E-state index in [9.17, 15) is 14.0 Å². The molecule has 1 amide bonds. The van der Waals surface area contributed by atoms with Crippen LogP contribution < -0.4 is 15.5 Å². The first kappa shape index (κ1) is 20.1. The molecule has 1 N–H and O–H groups in total. The first-order chi connectivity index (χ1) is 14.1. The second-order valence-electron chi connectivity index (χ2n) is 6.43. The molecule has 0 aliphatic carbocycles. The van der Waals surface area contributed by atoms with Crippen molar-refractivity contribution in [2.45, 2.75) is 19.7 Å². The van der Waals surface area contributed by atoms with E-state index < -0.39 is 11.3 Å². The third kappa shape index (κ3) is 5.42. The molecule has 0 atom stereocenters. The van der Waals surface area contributed by atoms with Gasteiger partial charge in [-0.25, -0.2) is 4.39 Å². The second-order valence-corrected chi connectivity index (χ2v) is 6.43. The van der Waals surface area contributed by atoms with Crippen LogP contribution in [-0.4, -0.2) is 10.5 Å². The van der Waals surface area contributed by atoms with Crippen LogP contribution in [0.2, 0.25) is 0 Å². The first-order valence-corrected chi connectivity index (χ1v) is 9.11. The Hall–Kier alpha value is -3.67. The van der Waals surface area contributed by atoms with Crippen molar-refractivity contribution in [1.29, 1.82) is 0 Å². The zero-order valence-corrected chi connectivity index (χ0v) is 15.8. The van der Waals surface area contributed by atoms with Gasteiger partial charge in [-0.3, -0.25) is 9.59 Å². The lowest BCUT2D eigenvalue weighted by atomic mass is 10.2. The molecule has 29 heavy (non-hydrogen) atoms. The normalized spacial score (nSPS) is 10.4. The van der Waals surface area contributed by atoms with Crippen molar-refractivity contribution in [3.8, 4) is 5.75 Å². The molecule has 0 spiro atoms. The van der Waals surface area contributed by atoms with Crippen LogP contribution in [0.25, 0.3) is 0 Å². The van der Waals surface area contributed by atoms with Gasteiger partial charge in [0.05, 0.1) is 6.20 Å². The van der Waals surface area contributed by atoms with Gasteiger partial charge < -0.3 is 14.6 Å². The second kappa shape index (κ2) is 9.50. The molecule has 0 aliphatic heterocycles. The van der Waals surface area contributed by atoms with E-state index in [0.717, 1.165) is 11.1 Å². The summed E-state index contributed by atoms with van der Waals surface area (Å²) >= 11 is 0. The molecule has 0 unspecified atom stereocenters. The van der Waals surface area contributed by atoms with E-state index in [2.05, 4.69) is 11.9 Å². The summed E-state index contributed by atoms with van der Waals surface area (Å²) in [4.78, 5) is 25.4. The molecule has 0 fully saturated rings. The number of nitrogens with one attached hydrogen (secondary N) is 1. The van der Waals surface area contributed by atoms with Crippen molar-refractivity contribution in [3.63, 3.8) is 0 Å². The number of hydrogen-bond donors (Lipinski definition) is 1. The monoisotopic (exact) mass is 392 g/mol. The molecule has 0 saturated carbocycles. The molecule has 6 heteroatoms. The van der Waals surface area contributed by atoms with Gasteiger partial charge >= 0.3 is 0 Å². The molecule has 5 nitrogen and oxygen atoms in total. The van der Waals surface area contributed by atoms with E-state index in [1.807, 2.05) is 30.3 Å². The molecule has 0 bridgehead atoms. The van der Waals surface area contributed by atoms with E-state index in [-0.39, 0.29) is 30.3 Å². The molecule has 3 aromatic rings. The predicted octanol–water partition coefficient (Wildman–Crippen LogP) is 3.68. The van der Waals surface area contributed by atoms with E-state index >= 15 is 0 Å². The van der Waals surface area contributed by atoms with Crippen LogP contribution >= 0.6 is 0 Å². The molecule has 2 aromatic carbocycles. The number of allylic oxidation sites excluding steroid dienone is 1. The van der Waals surface area contributed by atoms with Crippen molar-refractivity contribution < 1.29 is 13.9 Å². The molecule has 148 valence electrons. The smallest absolute Gasteiger partial charge is 0.257 e. The largest absolute Gasteiger partial charge is 0.483 e. The molecule has 0 saturated heterocycles. The summed E-state index contributed by atoms with van der Waals surface area (Å²) in [5.74, 6) is -0.789. The summed E-state index contributed by atoms with van der Waals surface area (Å²) in [6.07, 6.45) is 4.69. The number of hydrogen-bond acceptors (Lipinski definition) is 3. The van der Waals surface area contributed by atoms with Crippen LogP contribution in [0.15, 0.2) is 84.4 Å². The van der Waals surface area contributed by atoms with Gasteiger partial charge in [0.15, 0.2) is 5.75 Å². The average molecular weight is 392 g/mol. The Morgan fingerprint density at radius 2 is 1.79 bits per heavy atom. The van der Waals surface area contributed by atoms with Crippen molar-refractivity contribution in [1.82, 2.24) is 9.88 Å². The van der Waals surface area contributed by atoms with E-state index in [1.165, 1.54) is 18.3 Å². The maximum atomic E-state index is 13.0. The Morgan fingerprint density at radius 1 is 1.07 bits per heavy atom. The Kier molecular flexibility index (Phi) is 6.58. The van der Waals surface area contributed by atoms with Crippen molar-refractivity contribution in [3.05, 3.63) is 112 Å². The summed E-state index contributed by atoms with van der Waals surface area (Å²) in [6.45, 7) is 4.49. The quantitative estimate of drug-likeness (QED) is 0.595. The standard InChI is InChI=1S/C23H21FN2O3/c1-2-12-26-14-20(23(28)25-13-17-8-10-19(24)11-9-17)22(27)21(15-26)29-16-18-6-4-3-5-7-18/h2-11,14-15H,1,12-13,16H2,(H,25,28). The topological polar surface area (TPSA) is 60.3 Å². The van der Waals surface area contributed by atoms with Gasteiger partial charge in [0.1, 0.15) is 18.0 Å². The zero-order chi connectivity index (χ0) is 20.6. The lowest BCUT2D eigenvalue weighted by Gasteiger charge is -2.12. The summed E-state index contributed by atoms with van der Waals surface area (Å²) < 4.78 is 20.4.